The number of nitrogens with zero attached hydrogens (tertiary/aromatic N) is 2. The Bertz CT molecular complexity index is 135. The predicted octanol–water partition coefficient (Wildman–Crippen LogP) is 2.03. The number of hydrogen-bond acceptors (Lipinski definition) is 3. The van der Waals surface area contributed by atoms with Gasteiger partial charge in [-0.3, -0.25) is 0 Å². The molecule has 0 aliphatic carbocycles. The Morgan fingerprint density at radius 3 is 1.36 bits per heavy atom. The summed E-state index contributed by atoms with van der Waals surface area (Å²) < 4.78 is 1.30. The van der Waals surface area contributed by atoms with E-state index in [0.29, 0.717) is 0 Å². The third kappa shape index (κ3) is 7.79. The smallest absolute Gasteiger partial charge is 0.0783 e. The lowest BCUT2D eigenvalue weighted by molar-refractivity contribution is -0.923. The minimum atomic E-state index is -1.75. The molecule has 0 aromatic carbocycles. The first-order valence-corrected chi connectivity index (χ1v) is 5.14. The quantitative estimate of drug-likeness (QED) is 0.392. The molecule has 0 aliphatic rings. The van der Waals surface area contributed by atoms with E-state index in [1.54, 1.807) is 0 Å². The van der Waals surface area contributed by atoms with Gasteiger partial charge in [0.25, 0.3) is 0 Å². The Morgan fingerprint density at radius 1 is 1.00 bits per heavy atom. The molecular formula is C9H22N2O3. The van der Waals surface area contributed by atoms with Crippen molar-refractivity contribution in [2.24, 2.45) is 0 Å². The number of hydrogen-bond donors (Lipinski definition) is 0. The van der Waals surface area contributed by atoms with E-state index in [9.17, 15) is 0 Å². The summed E-state index contributed by atoms with van der Waals surface area (Å²) in [7, 11) is 0. The third-order valence-electron chi connectivity index (χ3n) is 2.71. The molecule has 5 nitrogen and oxygen atoms in total. The summed E-state index contributed by atoms with van der Waals surface area (Å²) in [6.07, 6.45) is 1.32. The zero-order valence-corrected chi connectivity index (χ0v) is 9.65. The zero-order valence-electron chi connectivity index (χ0n) is 9.65. The second kappa shape index (κ2) is 8.74. The molecule has 0 saturated heterocycles. The first kappa shape index (κ1) is 15.6. The first-order valence-electron chi connectivity index (χ1n) is 5.14. The molecule has 0 heterocycles. The standard InChI is InChI=1S/C9H22N.NO3/c1-5-9-10(6-2,7-3)8-4;2-1(3)4/h5-9H2,1-4H3;/q+1;-1. The molecule has 0 atom stereocenters. The van der Waals surface area contributed by atoms with Crippen LogP contribution in [0.25, 0.3) is 0 Å². The van der Waals surface area contributed by atoms with Gasteiger partial charge in [-0.05, 0) is 27.2 Å². The lowest BCUT2D eigenvalue weighted by atomic mass is 10.3. The second-order valence-corrected chi connectivity index (χ2v) is 3.24. The summed E-state index contributed by atoms with van der Waals surface area (Å²) in [5, 5.41) is 14.8. The Labute approximate surface area is 86.0 Å². The fraction of sp³-hybridized carbons (Fsp3) is 1.00. The highest BCUT2D eigenvalue weighted by molar-refractivity contribution is 4.35. The Morgan fingerprint density at radius 2 is 1.29 bits per heavy atom. The van der Waals surface area contributed by atoms with E-state index < -0.39 is 5.09 Å². The van der Waals surface area contributed by atoms with Gasteiger partial charge in [-0.15, -0.1) is 0 Å². The second-order valence-electron chi connectivity index (χ2n) is 3.24. The van der Waals surface area contributed by atoms with E-state index in [0.717, 1.165) is 0 Å². The molecule has 0 aromatic heterocycles. The largest absolute Gasteiger partial charge is 0.356 e. The molecule has 0 spiro atoms. The van der Waals surface area contributed by atoms with Crippen molar-refractivity contribution in [3.63, 3.8) is 0 Å². The first-order chi connectivity index (χ1) is 6.47. The van der Waals surface area contributed by atoms with Crippen molar-refractivity contribution in [1.29, 1.82) is 0 Å². The molecule has 0 saturated carbocycles. The van der Waals surface area contributed by atoms with E-state index in [1.807, 2.05) is 0 Å². The molecule has 0 N–H and O–H groups in total. The van der Waals surface area contributed by atoms with Gasteiger partial charge in [-0.25, -0.2) is 0 Å². The third-order valence-corrected chi connectivity index (χ3v) is 2.71. The maximum absolute atomic E-state index is 8.25. The maximum Gasteiger partial charge on any atom is 0.0783 e. The molecule has 86 valence electrons. The summed E-state index contributed by atoms with van der Waals surface area (Å²) in [6.45, 7) is 14.4. The average molecular weight is 206 g/mol. The normalized spacial score (nSPS) is 10.3. The molecule has 0 amide bonds. The van der Waals surface area contributed by atoms with Crippen molar-refractivity contribution >= 4 is 0 Å². The van der Waals surface area contributed by atoms with Crippen LogP contribution in [-0.2, 0) is 0 Å². The van der Waals surface area contributed by atoms with Crippen LogP contribution in [0.4, 0.5) is 0 Å². The average Bonchev–Trinajstić information content (AvgIpc) is 2.14. The van der Waals surface area contributed by atoms with E-state index in [1.165, 1.54) is 37.1 Å². The highest BCUT2D eigenvalue weighted by atomic mass is 16.9. The summed E-state index contributed by atoms with van der Waals surface area (Å²) in [5.41, 5.74) is 0. The van der Waals surface area contributed by atoms with Crippen molar-refractivity contribution in [2.45, 2.75) is 34.1 Å². The van der Waals surface area contributed by atoms with Crippen LogP contribution in [-0.4, -0.2) is 35.7 Å². The van der Waals surface area contributed by atoms with Gasteiger partial charge in [0.2, 0.25) is 0 Å². The Hall–Kier alpha value is -0.840. The van der Waals surface area contributed by atoms with Crippen molar-refractivity contribution < 1.29 is 9.57 Å². The molecule has 0 rings (SSSR count). The highest BCUT2D eigenvalue weighted by Gasteiger charge is 2.17. The van der Waals surface area contributed by atoms with Gasteiger partial charge < -0.3 is 19.8 Å². The lowest BCUT2D eigenvalue weighted by Crippen LogP contribution is -2.47. The molecule has 0 fully saturated rings. The fourth-order valence-corrected chi connectivity index (χ4v) is 1.62. The predicted molar refractivity (Wildman–Crippen MR) is 57.4 cm³/mol. The van der Waals surface area contributed by atoms with Crippen LogP contribution in [0.5, 0.6) is 0 Å². The minimum Gasteiger partial charge on any atom is -0.356 e. The molecule has 14 heavy (non-hydrogen) atoms. The Balaban J connectivity index is 0. The number of rotatable bonds is 5. The minimum absolute atomic E-state index is 1.29. The van der Waals surface area contributed by atoms with E-state index in [-0.39, 0.29) is 0 Å². The van der Waals surface area contributed by atoms with Crippen LogP contribution in [0.2, 0.25) is 0 Å². The van der Waals surface area contributed by atoms with Gasteiger partial charge in [-0.2, -0.15) is 0 Å². The summed E-state index contributed by atoms with van der Waals surface area (Å²) in [4.78, 5) is 8.25. The fourth-order valence-electron chi connectivity index (χ4n) is 1.62. The van der Waals surface area contributed by atoms with Gasteiger partial charge in [0, 0.05) is 0 Å². The summed E-state index contributed by atoms with van der Waals surface area (Å²) >= 11 is 0. The molecule has 0 unspecified atom stereocenters. The summed E-state index contributed by atoms with van der Waals surface area (Å²) in [6, 6.07) is 0. The van der Waals surface area contributed by atoms with Crippen LogP contribution >= 0.6 is 0 Å². The maximum atomic E-state index is 8.25. The highest BCUT2D eigenvalue weighted by Crippen LogP contribution is 2.06. The van der Waals surface area contributed by atoms with Crippen LogP contribution in [0.1, 0.15) is 34.1 Å². The molecule has 0 bridgehead atoms. The monoisotopic (exact) mass is 206 g/mol. The van der Waals surface area contributed by atoms with Crippen LogP contribution in [0.3, 0.4) is 0 Å². The molecule has 0 aliphatic heterocycles. The van der Waals surface area contributed by atoms with E-state index in [2.05, 4.69) is 27.7 Å². The van der Waals surface area contributed by atoms with E-state index in [4.69, 9.17) is 15.3 Å². The van der Waals surface area contributed by atoms with Crippen molar-refractivity contribution in [2.75, 3.05) is 26.2 Å². The molecule has 0 aromatic rings. The van der Waals surface area contributed by atoms with Crippen molar-refractivity contribution in [1.82, 2.24) is 0 Å². The van der Waals surface area contributed by atoms with Gasteiger partial charge in [0.05, 0.1) is 31.3 Å². The lowest BCUT2D eigenvalue weighted by Gasteiger charge is -2.35. The van der Waals surface area contributed by atoms with Gasteiger partial charge in [0.1, 0.15) is 0 Å². The summed E-state index contributed by atoms with van der Waals surface area (Å²) in [5.74, 6) is 0. The zero-order chi connectivity index (χ0) is 11.6. The van der Waals surface area contributed by atoms with E-state index >= 15 is 0 Å². The van der Waals surface area contributed by atoms with Gasteiger partial charge in [-0.1, -0.05) is 6.92 Å². The van der Waals surface area contributed by atoms with Gasteiger partial charge >= 0.3 is 0 Å². The molecule has 5 heteroatoms. The number of quaternary nitrogens is 1. The SMILES string of the molecule is CCC[N+](CC)(CC)CC.O=[N+]([O-])[O-]. The molecular weight excluding hydrogens is 184 g/mol. The van der Waals surface area contributed by atoms with Crippen molar-refractivity contribution in [3.05, 3.63) is 15.3 Å². The van der Waals surface area contributed by atoms with Crippen LogP contribution in [0.15, 0.2) is 0 Å². The molecule has 0 radical (unpaired) electrons. The Kier molecular flexibility index (Phi) is 9.76. The van der Waals surface area contributed by atoms with Gasteiger partial charge in [0.15, 0.2) is 0 Å². The topological polar surface area (TPSA) is 66.2 Å². The van der Waals surface area contributed by atoms with Crippen molar-refractivity contribution in [3.8, 4) is 0 Å². The van der Waals surface area contributed by atoms with Crippen LogP contribution < -0.4 is 0 Å². The van der Waals surface area contributed by atoms with Crippen LogP contribution in [0, 0.1) is 15.3 Å².